The van der Waals surface area contributed by atoms with Gasteiger partial charge in [0, 0.05) is 17.2 Å². The number of thioether (sulfide) groups is 1. The number of rotatable bonds is 7. The molecule has 0 saturated heterocycles. The highest BCUT2D eigenvalue weighted by Gasteiger charge is 2.25. The molecule has 0 spiro atoms. The maximum Gasteiger partial charge on any atom is 0.200 e. The van der Waals surface area contributed by atoms with Crippen LogP contribution in [0.1, 0.15) is 62.2 Å². The summed E-state index contributed by atoms with van der Waals surface area (Å²) in [5, 5.41) is 13.3. The molecule has 7 heteroatoms. The molecular formula is C19H24N4OS2. The average Bonchev–Trinajstić information content (AvgIpc) is 3.41. The molecule has 3 aromatic rings. The normalized spacial score (nSPS) is 15.6. The topological polar surface area (TPSA) is 56.7 Å². The van der Waals surface area contributed by atoms with Gasteiger partial charge in [0.2, 0.25) is 5.82 Å². The van der Waals surface area contributed by atoms with Crippen molar-refractivity contribution in [2.45, 2.75) is 68.8 Å². The largest absolute Gasteiger partial charge is 0.461 e. The maximum absolute atomic E-state index is 5.61. The van der Waals surface area contributed by atoms with Crippen molar-refractivity contribution in [2.24, 2.45) is 0 Å². The number of nitrogens with zero attached hydrogens (tertiary/aromatic N) is 4. The fourth-order valence-corrected chi connectivity index (χ4v) is 5.40. The van der Waals surface area contributed by atoms with Gasteiger partial charge in [0.05, 0.1) is 17.0 Å². The van der Waals surface area contributed by atoms with Crippen LogP contribution in [0.4, 0.5) is 0 Å². The smallest absolute Gasteiger partial charge is 0.200 e. The minimum Gasteiger partial charge on any atom is -0.461 e. The third kappa shape index (κ3) is 3.88. The van der Waals surface area contributed by atoms with Crippen LogP contribution in [0.15, 0.2) is 33.3 Å². The molecule has 0 aromatic carbocycles. The van der Waals surface area contributed by atoms with Gasteiger partial charge in [0.25, 0.3) is 0 Å². The Morgan fingerprint density at radius 2 is 2.15 bits per heavy atom. The van der Waals surface area contributed by atoms with Gasteiger partial charge in [-0.15, -0.1) is 21.5 Å². The van der Waals surface area contributed by atoms with Gasteiger partial charge in [-0.2, -0.15) is 0 Å². The van der Waals surface area contributed by atoms with Crippen LogP contribution in [-0.2, 0) is 12.2 Å². The molecule has 0 N–H and O–H groups in total. The molecule has 3 aromatic heterocycles. The van der Waals surface area contributed by atoms with Crippen LogP contribution in [0.3, 0.4) is 0 Å². The molecule has 26 heavy (non-hydrogen) atoms. The molecule has 0 bridgehead atoms. The quantitative estimate of drug-likeness (QED) is 0.483. The molecule has 3 heterocycles. The second-order valence-electron chi connectivity index (χ2n) is 6.72. The van der Waals surface area contributed by atoms with Crippen molar-refractivity contribution < 1.29 is 4.42 Å². The molecule has 0 aliphatic heterocycles. The summed E-state index contributed by atoms with van der Waals surface area (Å²) in [6, 6.07) is 4.34. The molecule has 5 nitrogen and oxygen atoms in total. The van der Waals surface area contributed by atoms with Crippen molar-refractivity contribution in [1.29, 1.82) is 0 Å². The van der Waals surface area contributed by atoms with E-state index in [9.17, 15) is 0 Å². The highest BCUT2D eigenvalue weighted by atomic mass is 32.2. The number of aryl methyl sites for hydroxylation is 1. The molecular weight excluding hydrogens is 364 g/mol. The molecule has 0 unspecified atom stereocenters. The zero-order valence-corrected chi connectivity index (χ0v) is 16.7. The first-order valence-corrected chi connectivity index (χ1v) is 11.3. The van der Waals surface area contributed by atoms with E-state index in [4.69, 9.17) is 9.40 Å². The Bertz CT molecular complexity index is 819. The Morgan fingerprint density at radius 3 is 2.92 bits per heavy atom. The highest BCUT2D eigenvalue weighted by Crippen LogP contribution is 2.36. The van der Waals surface area contributed by atoms with E-state index < -0.39 is 0 Å². The summed E-state index contributed by atoms with van der Waals surface area (Å²) in [5.41, 5.74) is 1.14. The van der Waals surface area contributed by atoms with Crippen LogP contribution >= 0.6 is 23.1 Å². The molecule has 4 rings (SSSR count). The lowest BCUT2D eigenvalue weighted by Gasteiger charge is -2.25. The Kier molecular flexibility index (Phi) is 5.75. The SMILES string of the molecule is CCCc1nc(CSc2nnc(-c3ccco3)n2C2CCCCC2)cs1. The second-order valence-corrected chi connectivity index (χ2v) is 8.60. The minimum atomic E-state index is 0.465. The standard InChI is InChI=1S/C19H24N4OS2/c1-2-7-17-20-14(12-25-17)13-26-19-22-21-18(16-10-6-11-24-16)23(19)15-8-4-3-5-9-15/h6,10-12,15H,2-5,7-9,13H2,1H3. The van der Waals surface area contributed by atoms with E-state index in [0.29, 0.717) is 6.04 Å². The first kappa shape index (κ1) is 17.8. The second kappa shape index (κ2) is 8.39. The summed E-state index contributed by atoms with van der Waals surface area (Å²) in [7, 11) is 0. The Labute approximate surface area is 162 Å². The van der Waals surface area contributed by atoms with E-state index in [1.165, 1.54) is 37.1 Å². The van der Waals surface area contributed by atoms with Gasteiger partial charge < -0.3 is 4.42 Å². The van der Waals surface area contributed by atoms with Gasteiger partial charge in [0.15, 0.2) is 10.9 Å². The Morgan fingerprint density at radius 1 is 1.27 bits per heavy atom. The van der Waals surface area contributed by atoms with Crippen molar-refractivity contribution >= 4 is 23.1 Å². The van der Waals surface area contributed by atoms with Crippen LogP contribution in [0.25, 0.3) is 11.6 Å². The van der Waals surface area contributed by atoms with Crippen molar-refractivity contribution in [3.63, 3.8) is 0 Å². The first-order valence-electron chi connectivity index (χ1n) is 9.40. The maximum atomic E-state index is 5.61. The van der Waals surface area contributed by atoms with Gasteiger partial charge in [-0.1, -0.05) is 37.9 Å². The van der Waals surface area contributed by atoms with Gasteiger partial charge in [-0.3, -0.25) is 4.57 Å². The predicted molar refractivity (Wildman–Crippen MR) is 106 cm³/mol. The third-order valence-corrected chi connectivity index (χ3v) is 6.69. The predicted octanol–water partition coefficient (Wildman–Crippen LogP) is 5.74. The summed E-state index contributed by atoms with van der Waals surface area (Å²) in [6.45, 7) is 2.19. The molecule has 1 fully saturated rings. The highest BCUT2D eigenvalue weighted by molar-refractivity contribution is 7.98. The zero-order valence-electron chi connectivity index (χ0n) is 15.1. The fraction of sp³-hybridized carbons (Fsp3) is 0.526. The van der Waals surface area contributed by atoms with Crippen LogP contribution in [-0.4, -0.2) is 19.7 Å². The Balaban J connectivity index is 1.56. The lowest BCUT2D eigenvalue weighted by atomic mass is 9.95. The summed E-state index contributed by atoms with van der Waals surface area (Å²) >= 11 is 3.50. The van der Waals surface area contributed by atoms with Crippen LogP contribution in [0.2, 0.25) is 0 Å². The summed E-state index contributed by atoms with van der Waals surface area (Å²) in [5.74, 6) is 2.49. The number of aromatic nitrogens is 4. The lowest BCUT2D eigenvalue weighted by molar-refractivity contribution is 0.337. The Hall–Kier alpha value is -1.60. The first-order chi connectivity index (χ1) is 12.8. The lowest BCUT2D eigenvalue weighted by Crippen LogP contribution is -2.15. The number of thiazole rings is 1. The van der Waals surface area contributed by atoms with Crippen LogP contribution in [0.5, 0.6) is 0 Å². The summed E-state index contributed by atoms with van der Waals surface area (Å²) in [6.07, 6.45) is 10.2. The summed E-state index contributed by atoms with van der Waals surface area (Å²) < 4.78 is 7.92. The molecule has 138 valence electrons. The third-order valence-electron chi connectivity index (χ3n) is 4.76. The van der Waals surface area contributed by atoms with Crippen molar-refractivity contribution in [3.8, 4) is 11.6 Å². The van der Waals surface area contributed by atoms with E-state index in [0.717, 1.165) is 41.0 Å². The molecule has 0 atom stereocenters. The van der Waals surface area contributed by atoms with Gasteiger partial charge in [-0.25, -0.2) is 4.98 Å². The molecule has 1 aliphatic carbocycles. The van der Waals surface area contributed by atoms with E-state index in [1.54, 1.807) is 29.4 Å². The van der Waals surface area contributed by atoms with E-state index in [2.05, 4.69) is 27.1 Å². The fourth-order valence-electron chi connectivity index (χ4n) is 3.50. The number of hydrogen-bond acceptors (Lipinski definition) is 6. The van der Waals surface area contributed by atoms with Gasteiger partial charge in [0.1, 0.15) is 0 Å². The monoisotopic (exact) mass is 388 g/mol. The zero-order chi connectivity index (χ0) is 17.8. The molecule has 0 radical (unpaired) electrons. The van der Waals surface area contributed by atoms with Crippen LogP contribution in [0, 0.1) is 0 Å². The van der Waals surface area contributed by atoms with Crippen molar-refractivity contribution in [1.82, 2.24) is 19.7 Å². The van der Waals surface area contributed by atoms with E-state index in [1.807, 2.05) is 12.1 Å². The molecule has 0 amide bonds. The summed E-state index contributed by atoms with van der Waals surface area (Å²) in [4.78, 5) is 4.74. The van der Waals surface area contributed by atoms with E-state index >= 15 is 0 Å². The molecule has 1 saturated carbocycles. The number of furan rings is 1. The number of hydrogen-bond donors (Lipinski definition) is 0. The minimum absolute atomic E-state index is 0.465. The van der Waals surface area contributed by atoms with Crippen LogP contribution < -0.4 is 0 Å². The molecule has 1 aliphatic rings. The van der Waals surface area contributed by atoms with Crippen molar-refractivity contribution in [2.75, 3.05) is 0 Å². The van der Waals surface area contributed by atoms with E-state index in [-0.39, 0.29) is 0 Å². The van der Waals surface area contributed by atoms with Crippen molar-refractivity contribution in [3.05, 3.63) is 34.5 Å². The van der Waals surface area contributed by atoms with Gasteiger partial charge >= 0.3 is 0 Å². The van der Waals surface area contributed by atoms with Gasteiger partial charge in [-0.05, 0) is 37.8 Å². The average molecular weight is 389 g/mol.